The van der Waals surface area contributed by atoms with E-state index in [1.165, 1.54) is 0 Å². The Hall–Kier alpha value is -1.59. The molecule has 0 spiro atoms. The Bertz CT molecular complexity index is 464. The minimum Gasteiger partial charge on any atom is -0.492 e. The van der Waals surface area contributed by atoms with Gasteiger partial charge in [0.15, 0.2) is 0 Å². The zero-order valence-electron chi connectivity index (χ0n) is 11.3. The van der Waals surface area contributed by atoms with E-state index in [9.17, 15) is 9.90 Å². The lowest BCUT2D eigenvalue weighted by atomic mass is 10.0. The van der Waals surface area contributed by atoms with Crippen LogP contribution in [0.25, 0.3) is 0 Å². The highest BCUT2D eigenvalue weighted by molar-refractivity contribution is 5.78. The van der Waals surface area contributed by atoms with Gasteiger partial charge in [-0.3, -0.25) is 9.69 Å². The first kappa shape index (κ1) is 13.8. The van der Waals surface area contributed by atoms with Gasteiger partial charge in [-0.1, -0.05) is 18.2 Å². The molecule has 1 aromatic rings. The van der Waals surface area contributed by atoms with Crippen molar-refractivity contribution in [1.29, 1.82) is 0 Å². The molecule has 1 heterocycles. The molecule has 1 aliphatic heterocycles. The van der Waals surface area contributed by atoms with Crippen molar-refractivity contribution in [3.05, 3.63) is 29.8 Å². The van der Waals surface area contributed by atoms with Crippen LogP contribution in [0.15, 0.2) is 24.3 Å². The predicted molar refractivity (Wildman–Crippen MR) is 72.3 cm³/mol. The van der Waals surface area contributed by atoms with Gasteiger partial charge in [0.1, 0.15) is 17.9 Å². The van der Waals surface area contributed by atoms with Crippen LogP contribution in [-0.2, 0) is 11.3 Å². The fraction of sp³-hybridized carbons (Fsp3) is 0.500. The third kappa shape index (κ3) is 3.05. The first-order chi connectivity index (χ1) is 9.05. The lowest BCUT2D eigenvalue weighted by Crippen LogP contribution is -2.55. The van der Waals surface area contributed by atoms with Crippen LogP contribution in [0, 0.1) is 0 Å². The topological polar surface area (TPSA) is 61.8 Å². The zero-order chi connectivity index (χ0) is 13.9. The van der Waals surface area contributed by atoms with Crippen molar-refractivity contribution in [2.45, 2.75) is 19.0 Å². The monoisotopic (exact) mass is 264 g/mol. The van der Waals surface area contributed by atoms with Crippen molar-refractivity contribution in [3.63, 3.8) is 0 Å². The van der Waals surface area contributed by atoms with Crippen LogP contribution in [0.2, 0.25) is 0 Å². The minimum absolute atomic E-state index is 0.441. The molecule has 0 bridgehead atoms. The summed E-state index contributed by atoms with van der Waals surface area (Å²) in [7, 11) is 1.68. The molecule has 1 atom stereocenters. The van der Waals surface area contributed by atoms with E-state index in [2.05, 4.69) is 10.2 Å². The molecule has 0 saturated carbocycles. The number of nitrogens with zero attached hydrogens (tertiary/aromatic N) is 1. The number of para-hydroxylation sites is 1. The smallest absolute Gasteiger partial charge is 0.324 e. The Balaban J connectivity index is 2.13. The van der Waals surface area contributed by atoms with Gasteiger partial charge >= 0.3 is 5.97 Å². The third-order valence-corrected chi connectivity index (χ3v) is 3.60. The number of rotatable bonds is 4. The van der Waals surface area contributed by atoms with Gasteiger partial charge in [0.05, 0.1) is 0 Å². The number of fused-ring (bicyclic) bond motifs is 1. The molecule has 0 aromatic heterocycles. The maximum atomic E-state index is 11.3. The van der Waals surface area contributed by atoms with Gasteiger partial charge in [0.2, 0.25) is 0 Å². The summed E-state index contributed by atoms with van der Waals surface area (Å²) in [5.41, 5.74) is 0.156. The Morgan fingerprint density at radius 1 is 1.53 bits per heavy atom. The molecule has 19 heavy (non-hydrogen) atoms. The summed E-state index contributed by atoms with van der Waals surface area (Å²) in [4.78, 5) is 13.4. The number of carboxylic acids is 1. The van der Waals surface area contributed by atoms with E-state index < -0.39 is 11.5 Å². The molecule has 1 aromatic carbocycles. The highest BCUT2D eigenvalue weighted by Crippen LogP contribution is 2.23. The maximum absolute atomic E-state index is 11.3. The Kier molecular flexibility index (Phi) is 4.07. The van der Waals surface area contributed by atoms with Crippen molar-refractivity contribution in [2.24, 2.45) is 0 Å². The first-order valence-electron chi connectivity index (χ1n) is 6.40. The summed E-state index contributed by atoms with van der Waals surface area (Å²) in [5, 5.41) is 12.2. The second kappa shape index (κ2) is 5.59. The zero-order valence-corrected chi connectivity index (χ0v) is 11.3. The van der Waals surface area contributed by atoms with Crippen LogP contribution in [0.4, 0.5) is 0 Å². The van der Waals surface area contributed by atoms with Gasteiger partial charge in [-0.15, -0.1) is 0 Å². The molecule has 0 fully saturated rings. The van der Waals surface area contributed by atoms with Gasteiger partial charge in [-0.25, -0.2) is 0 Å². The fourth-order valence-electron chi connectivity index (χ4n) is 2.22. The number of carboxylic acid groups (broad SMARTS) is 1. The fourth-order valence-corrected chi connectivity index (χ4v) is 2.22. The van der Waals surface area contributed by atoms with Crippen molar-refractivity contribution >= 4 is 5.97 Å². The first-order valence-corrected chi connectivity index (χ1v) is 6.40. The highest BCUT2D eigenvalue weighted by Gasteiger charge is 2.34. The average Bonchev–Trinajstić information content (AvgIpc) is 2.59. The Morgan fingerprint density at radius 3 is 2.95 bits per heavy atom. The van der Waals surface area contributed by atoms with Gasteiger partial charge in [0, 0.05) is 25.2 Å². The Morgan fingerprint density at radius 2 is 2.26 bits per heavy atom. The van der Waals surface area contributed by atoms with Crippen molar-refractivity contribution in [1.82, 2.24) is 10.2 Å². The number of aliphatic carboxylic acids is 1. The van der Waals surface area contributed by atoms with Gasteiger partial charge in [-0.05, 0) is 20.0 Å². The normalized spacial score (nSPS) is 18.8. The number of hydrogen-bond donors (Lipinski definition) is 2. The second-order valence-corrected chi connectivity index (χ2v) is 5.05. The van der Waals surface area contributed by atoms with Crippen LogP contribution in [0.3, 0.4) is 0 Å². The van der Waals surface area contributed by atoms with Crippen molar-refractivity contribution in [2.75, 3.05) is 26.7 Å². The molecule has 104 valence electrons. The van der Waals surface area contributed by atoms with E-state index in [0.29, 0.717) is 19.7 Å². The lowest BCUT2D eigenvalue weighted by molar-refractivity contribution is -0.144. The number of benzene rings is 1. The molecule has 1 unspecified atom stereocenters. The minimum atomic E-state index is -0.945. The number of hydrogen-bond acceptors (Lipinski definition) is 4. The number of likely N-dealkylation sites (N-methyl/N-ethyl adjacent to an activating group) is 1. The van der Waals surface area contributed by atoms with E-state index in [1.807, 2.05) is 24.3 Å². The van der Waals surface area contributed by atoms with Gasteiger partial charge < -0.3 is 15.2 Å². The van der Waals surface area contributed by atoms with E-state index in [-0.39, 0.29) is 0 Å². The largest absolute Gasteiger partial charge is 0.492 e. The van der Waals surface area contributed by atoms with E-state index in [0.717, 1.165) is 17.9 Å². The lowest BCUT2D eigenvalue weighted by Gasteiger charge is -2.31. The van der Waals surface area contributed by atoms with E-state index in [1.54, 1.807) is 14.0 Å². The van der Waals surface area contributed by atoms with E-state index in [4.69, 9.17) is 4.74 Å². The average molecular weight is 264 g/mol. The molecule has 5 heteroatoms. The summed E-state index contributed by atoms with van der Waals surface area (Å²) in [6.07, 6.45) is 0. The molecule has 2 N–H and O–H groups in total. The second-order valence-electron chi connectivity index (χ2n) is 5.05. The summed E-state index contributed by atoms with van der Waals surface area (Å²) in [5.74, 6) is 0.0555. The molecular weight excluding hydrogens is 244 g/mol. The number of nitrogens with one attached hydrogen (secondary N) is 1. The number of carbonyl (C=O) groups is 1. The summed E-state index contributed by atoms with van der Waals surface area (Å²) < 4.78 is 5.68. The molecule has 1 aliphatic rings. The molecule has 5 nitrogen and oxygen atoms in total. The van der Waals surface area contributed by atoms with Gasteiger partial charge in [0.25, 0.3) is 0 Å². The predicted octanol–water partition coefficient (Wildman–Crippen LogP) is 0.944. The van der Waals surface area contributed by atoms with Gasteiger partial charge in [-0.2, -0.15) is 0 Å². The molecule has 0 radical (unpaired) electrons. The molecule has 0 aliphatic carbocycles. The SMILES string of the molecule is CNC(C)(CN1CCOc2ccccc2C1)C(=O)O. The summed E-state index contributed by atoms with van der Waals surface area (Å²) in [6, 6.07) is 7.89. The summed E-state index contributed by atoms with van der Waals surface area (Å²) in [6.45, 7) is 4.15. The van der Waals surface area contributed by atoms with Crippen LogP contribution in [0.1, 0.15) is 12.5 Å². The van der Waals surface area contributed by atoms with Crippen molar-refractivity contribution < 1.29 is 14.6 Å². The molecule has 0 saturated heterocycles. The molecule has 0 amide bonds. The van der Waals surface area contributed by atoms with Crippen LogP contribution in [-0.4, -0.2) is 48.3 Å². The van der Waals surface area contributed by atoms with Crippen molar-refractivity contribution in [3.8, 4) is 5.75 Å². The quantitative estimate of drug-likeness (QED) is 0.847. The maximum Gasteiger partial charge on any atom is 0.324 e. The molecular formula is C14H20N2O3. The van der Waals surface area contributed by atoms with Crippen LogP contribution >= 0.6 is 0 Å². The van der Waals surface area contributed by atoms with Crippen LogP contribution < -0.4 is 10.1 Å². The highest BCUT2D eigenvalue weighted by atomic mass is 16.5. The van der Waals surface area contributed by atoms with Crippen LogP contribution in [0.5, 0.6) is 5.75 Å². The van der Waals surface area contributed by atoms with E-state index >= 15 is 0 Å². The Labute approximate surface area is 113 Å². The summed E-state index contributed by atoms with van der Waals surface area (Å²) >= 11 is 0. The standard InChI is InChI=1S/C14H20N2O3/c1-14(15-2,13(17)18)10-16-7-8-19-12-6-4-3-5-11(12)9-16/h3-6,15H,7-10H2,1-2H3,(H,17,18). The molecule has 2 rings (SSSR count). The number of ether oxygens (including phenoxy) is 1. The third-order valence-electron chi connectivity index (χ3n) is 3.60.